The van der Waals surface area contributed by atoms with Gasteiger partial charge in [-0.25, -0.2) is 4.98 Å². The van der Waals surface area contributed by atoms with E-state index in [-0.39, 0.29) is 10.6 Å². The van der Waals surface area contributed by atoms with Crippen molar-refractivity contribution >= 4 is 17.3 Å². The van der Waals surface area contributed by atoms with E-state index in [1.54, 1.807) is 24.7 Å². The maximum Gasteiger partial charge on any atom is 0.269 e. The van der Waals surface area contributed by atoms with Gasteiger partial charge in [0.1, 0.15) is 0 Å². The Kier molecular flexibility index (Phi) is 4.12. The van der Waals surface area contributed by atoms with Gasteiger partial charge in [0.05, 0.1) is 16.9 Å². The second-order valence-corrected chi connectivity index (χ2v) is 5.65. The van der Waals surface area contributed by atoms with E-state index < -0.39 is 0 Å². The molecular weight excluding hydrogens is 314 g/mol. The Balaban J connectivity index is 2.12. The molecule has 0 fully saturated rings. The quantitative estimate of drug-likeness (QED) is 0.529. The number of imidazole rings is 1. The molecule has 0 bridgehead atoms. The smallest absolute Gasteiger partial charge is 0.269 e. The zero-order chi connectivity index (χ0) is 16.4. The summed E-state index contributed by atoms with van der Waals surface area (Å²) in [6, 6.07) is 12.4. The Bertz CT molecular complexity index is 874. The highest BCUT2D eigenvalue weighted by atomic mass is 35.5. The maximum atomic E-state index is 11.1. The van der Waals surface area contributed by atoms with E-state index in [0.717, 1.165) is 22.5 Å². The minimum Gasteiger partial charge on any atom is -0.303 e. The molecule has 0 saturated heterocycles. The molecule has 0 atom stereocenters. The van der Waals surface area contributed by atoms with Crippen molar-refractivity contribution in [3.05, 3.63) is 86.9 Å². The summed E-state index contributed by atoms with van der Waals surface area (Å²) in [5, 5.41) is 11.7. The zero-order valence-electron chi connectivity index (χ0n) is 12.4. The van der Waals surface area contributed by atoms with Gasteiger partial charge in [-0.1, -0.05) is 29.8 Å². The summed E-state index contributed by atoms with van der Waals surface area (Å²) in [4.78, 5) is 14.8. The Morgan fingerprint density at radius 3 is 2.65 bits per heavy atom. The van der Waals surface area contributed by atoms with E-state index in [2.05, 4.69) is 4.98 Å². The third kappa shape index (κ3) is 3.10. The summed E-state index contributed by atoms with van der Waals surface area (Å²) in [6.45, 7) is 1.94. The maximum absolute atomic E-state index is 11.1. The fraction of sp³-hybridized carbons (Fsp3) is 0.118. The van der Waals surface area contributed by atoms with Crippen LogP contribution >= 0.6 is 11.6 Å². The van der Waals surface area contributed by atoms with Gasteiger partial charge in [-0.2, -0.15) is 0 Å². The molecule has 5 nitrogen and oxygen atoms in total. The molecule has 0 N–H and O–H groups in total. The molecule has 0 radical (unpaired) electrons. The van der Waals surface area contributed by atoms with E-state index in [0.29, 0.717) is 11.4 Å². The third-order valence-corrected chi connectivity index (χ3v) is 4.06. The van der Waals surface area contributed by atoms with E-state index in [1.807, 2.05) is 35.8 Å². The summed E-state index contributed by atoms with van der Waals surface area (Å²) in [5.74, 6) is 0. The summed E-state index contributed by atoms with van der Waals surface area (Å²) in [7, 11) is 0. The Labute approximate surface area is 138 Å². The van der Waals surface area contributed by atoms with Crippen LogP contribution in [0.15, 0.2) is 55.0 Å². The molecule has 0 aliphatic carbocycles. The largest absolute Gasteiger partial charge is 0.303 e. The van der Waals surface area contributed by atoms with Gasteiger partial charge in [0.2, 0.25) is 0 Å². The number of aromatic nitrogens is 2. The molecule has 23 heavy (non-hydrogen) atoms. The molecule has 0 unspecified atom stereocenters. The second-order valence-electron chi connectivity index (χ2n) is 5.24. The topological polar surface area (TPSA) is 61.0 Å². The molecule has 0 spiro atoms. The van der Waals surface area contributed by atoms with Crippen molar-refractivity contribution in [3.63, 3.8) is 0 Å². The molecule has 0 amide bonds. The standard InChI is InChI=1S/C17H14ClN3O2/c1-12-10-19-11-20(12)17-7-6-15(21(22)23)9-14(17)8-13-4-2-3-5-16(13)18/h2-7,9-11H,8H2,1H3. The minimum absolute atomic E-state index is 0.0635. The molecule has 1 aromatic heterocycles. The van der Waals surface area contributed by atoms with E-state index in [9.17, 15) is 10.1 Å². The van der Waals surface area contributed by atoms with Crippen molar-refractivity contribution in [2.24, 2.45) is 0 Å². The number of nitrogens with zero attached hydrogens (tertiary/aromatic N) is 3. The lowest BCUT2D eigenvalue weighted by Gasteiger charge is -2.13. The first kappa shape index (κ1) is 15.2. The lowest BCUT2D eigenvalue weighted by atomic mass is 10.0. The molecule has 0 aliphatic rings. The molecule has 0 aliphatic heterocycles. The summed E-state index contributed by atoms with van der Waals surface area (Å²) < 4.78 is 1.91. The summed E-state index contributed by atoms with van der Waals surface area (Å²) in [6.07, 6.45) is 3.96. The average Bonchev–Trinajstić information content (AvgIpc) is 2.95. The summed E-state index contributed by atoms with van der Waals surface area (Å²) >= 11 is 6.23. The van der Waals surface area contributed by atoms with Crippen molar-refractivity contribution < 1.29 is 4.92 Å². The number of rotatable bonds is 4. The molecular formula is C17H14ClN3O2. The van der Waals surface area contributed by atoms with Crippen LogP contribution in [0.5, 0.6) is 0 Å². The van der Waals surface area contributed by atoms with Crippen LogP contribution in [-0.2, 0) is 6.42 Å². The first-order valence-electron chi connectivity index (χ1n) is 7.06. The van der Waals surface area contributed by atoms with Gasteiger partial charge >= 0.3 is 0 Å². The number of benzene rings is 2. The monoisotopic (exact) mass is 327 g/mol. The number of aryl methyl sites for hydroxylation is 1. The zero-order valence-corrected chi connectivity index (χ0v) is 13.2. The predicted octanol–water partition coefficient (Wildman–Crippen LogP) is 4.33. The third-order valence-electron chi connectivity index (χ3n) is 3.70. The normalized spacial score (nSPS) is 10.7. The highest BCUT2D eigenvalue weighted by Crippen LogP contribution is 2.27. The highest BCUT2D eigenvalue weighted by molar-refractivity contribution is 6.31. The van der Waals surface area contributed by atoms with Gasteiger partial charge in [-0.15, -0.1) is 0 Å². The molecule has 0 saturated carbocycles. The van der Waals surface area contributed by atoms with Crippen LogP contribution < -0.4 is 0 Å². The molecule has 3 rings (SSSR count). The lowest BCUT2D eigenvalue weighted by Crippen LogP contribution is -2.03. The van der Waals surface area contributed by atoms with Crippen LogP contribution in [0.1, 0.15) is 16.8 Å². The number of non-ortho nitro benzene ring substituents is 1. The van der Waals surface area contributed by atoms with Crippen LogP contribution in [-0.4, -0.2) is 14.5 Å². The van der Waals surface area contributed by atoms with Gasteiger partial charge in [0, 0.05) is 35.5 Å². The van der Waals surface area contributed by atoms with Gasteiger partial charge in [-0.05, 0) is 30.2 Å². The van der Waals surface area contributed by atoms with Gasteiger partial charge in [0.15, 0.2) is 0 Å². The lowest BCUT2D eigenvalue weighted by molar-refractivity contribution is -0.384. The van der Waals surface area contributed by atoms with Crippen LogP contribution in [0.2, 0.25) is 5.02 Å². The molecule has 6 heteroatoms. The number of hydrogen-bond donors (Lipinski definition) is 0. The van der Waals surface area contributed by atoms with Crippen LogP contribution in [0.3, 0.4) is 0 Å². The average molecular weight is 328 g/mol. The van der Waals surface area contributed by atoms with Crippen molar-refractivity contribution in [1.82, 2.24) is 9.55 Å². The molecule has 1 heterocycles. The Hall–Kier alpha value is -2.66. The fourth-order valence-corrected chi connectivity index (χ4v) is 2.72. The number of hydrogen-bond acceptors (Lipinski definition) is 3. The van der Waals surface area contributed by atoms with Gasteiger partial charge in [-0.3, -0.25) is 10.1 Å². The fourth-order valence-electron chi connectivity index (χ4n) is 2.52. The minimum atomic E-state index is -0.388. The first-order chi connectivity index (χ1) is 11.1. The molecule has 2 aromatic carbocycles. The summed E-state index contributed by atoms with van der Waals surface area (Å²) in [5.41, 5.74) is 3.64. The van der Waals surface area contributed by atoms with Crippen molar-refractivity contribution in [2.75, 3.05) is 0 Å². The predicted molar refractivity (Wildman–Crippen MR) is 89.2 cm³/mol. The van der Waals surface area contributed by atoms with Crippen molar-refractivity contribution in [1.29, 1.82) is 0 Å². The van der Waals surface area contributed by atoms with E-state index in [4.69, 9.17) is 11.6 Å². The van der Waals surface area contributed by atoms with E-state index in [1.165, 1.54) is 6.07 Å². The highest BCUT2D eigenvalue weighted by Gasteiger charge is 2.14. The van der Waals surface area contributed by atoms with Crippen LogP contribution in [0, 0.1) is 17.0 Å². The van der Waals surface area contributed by atoms with E-state index >= 15 is 0 Å². The SMILES string of the molecule is Cc1cncn1-c1ccc([N+](=O)[O-])cc1Cc1ccccc1Cl. The number of halogens is 1. The Morgan fingerprint density at radius 1 is 1.22 bits per heavy atom. The number of nitro groups is 1. The Morgan fingerprint density at radius 2 is 2.00 bits per heavy atom. The second kappa shape index (κ2) is 6.22. The van der Waals surface area contributed by atoms with Crippen molar-refractivity contribution in [2.45, 2.75) is 13.3 Å². The molecule has 3 aromatic rings. The van der Waals surface area contributed by atoms with Gasteiger partial charge in [0.25, 0.3) is 5.69 Å². The van der Waals surface area contributed by atoms with Crippen LogP contribution in [0.25, 0.3) is 5.69 Å². The van der Waals surface area contributed by atoms with Crippen molar-refractivity contribution in [3.8, 4) is 5.69 Å². The molecule has 116 valence electrons. The van der Waals surface area contributed by atoms with Crippen LogP contribution in [0.4, 0.5) is 5.69 Å². The number of nitro benzene ring substituents is 1. The first-order valence-corrected chi connectivity index (χ1v) is 7.44. The van der Waals surface area contributed by atoms with Gasteiger partial charge < -0.3 is 4.57 Å².